The number of hydrogen-bond donors (Lipinski definition) is 1. The molecule has 0 saturated carbocycles. The maximum Gasteiger partial charge on any atom is 0.416 e. The van der Waals surface area contributed by atoms with Crippen LogP contribution < -0.4 is 5.32 Å². The molecule has 0 aromatic heterocycles. The predicted octanol–water partition coefficient (Wildman–Crippen LogP) is 3.11. The molecular formula is C16H15F3N2O. The molecule has 0 fully saturated rings. The summed E-state index contributed by atoms with van der Waals surface area (Å²) in [5, 5.41) is 11.5. The van der Waals surface area contributed by atoms with Crippen LogP contribution in [-0.4, -0.2) is 12.5 Å². The predicted molar refractivity (Wildman–Crippen MR) is 75.3 cm³/mol. The smallest absolute Gasteiger partial charge is 0.344 e. The van der Waals surface area contributed by atoms with Crippen molar-refractivity contribution in [3.05, 3.63) is 35.4 Å². The van der Waals surface area contributed by atoms with Crippen molar-refractivity contribution >= 4 is 5.91 Å². The highest BCUT2D eigenvalue weighted by atomic mass is 19.4. The van der Waals surface area contributed by atoms with Crippen LogP contribution in [0.25, 0.3) is 0 Å². The molecule has 0 aliphatic rings. The molecule has 0 bridgehead atoms. The summed E-state index contributed by atoms with van der Waals surface area (Å²) in [7, 11) is 0. The molecule has 0 radical (unpaired) electrons. The highest BCUT2D eigenvalue weighted by Crippen LogP contribution is 2.28. The molecule has 116 valence electrons. The van der Waals surface area contributed by atoms with Gasteiger partial charge in [0.1, 0.15) is 5.41 Å². The average Bonchev–Trinajstić information content (AvgIpc) is 2.50. The molecule has 1 aromatic carbocycles. The fourth-order valence-electron chi connectivity index (χ4n) is 1.50. The van der Waals surface area contributed by atoms with Crippen molar-refractivity contribution in [3.63, 3.8) is 0 Å². The van der Waals surface area contributed by atoms with Gasteiger partial charge in [0.2, 0.25) is 5.91 Å². The minimum absolute atomic E-state index is 0.0249. The summed E-state index contributed by atoms with van der Waals surface area (Å²) in [4.78, 5) is 11.8. The van der Waals surface area contributed by atoms with Gasteiger partial charge in [-0.15, -0.1) is 0 Å². The Bertz CT molecular complexity index is 633. The van der Waals surface area contributed by atoms with Crippen molar-refractivity contribution in [3.8, 4) is 17.9 Å². The summed E-state index contributed by atoms with van der Waals surface area (Å²) in [5.74, 6) is 4.87. The number of amides is 1. The quantitative estimate of drug-likeness (QED) is 0.872. The molecule has 1 amide bonds. The van der Waals surface area contributed by atoms with Gasteiger partial charge < -0.3 is 5.32 Å². The summed E-state index contributed by atoms with van der Waals surface area (Å²) in [6.45, 7) is 3.29. The van der Waals surface area contributed by atoms with Crippen LogP contribution >= 0.6 is 0 Å². The zero-order valence-corrected chi connectivity index (χ0v) is 12.2. The number of nitrogens with zero attached hydrogens (tertiary/aromatic N) is 1. The van der Waals surface area contributed by atoms with Gasteiger partial charge in [-0.25, -0.2) is 0 Å². The molecule has 1 unspecified atom stereocenters. The normalized spacial score (nSPS) is 13.3. The highest BCUT2D eigenvalue weighted by molar-refractivity contribution is 5.85. The van der Waals surface area contributed by atoms with E-state index in [1.807, 2.05) is 6.07 Å². The summed E-state index contributed by atoms with van der Waals surface area (Å²) >= 11 is 0. The lowest BCUT2D eigenvalue weighted by Gasteiger charge is -2.17. The van der Waals surface area contributed by atoms with Crippen LogP contribution in [0.3, 0.4) is 0 Å². The molecule has 0 saturated heterocycles. The van der Waals surface area contributed by atoms with Gasteiger partial charge in [-0.3, -0.25) is 4.79 Å². The van der Waals surface area contributed by atoms with Gasteiger partial charge in [0, 0.05) is 5.56 Å². The van der Waals surface area contributed by atoms with Crippen molar-refractivity contribution in [2.75, 3.05) is 6.54 Å². The van der Waals surface area contributed by atoms with E-state index in [1.54, 1.807) is 6.92 Å². The largest absolute Gasteiger partial charge is 0.416 e. The lowest BCUT2D eigenvalue weighted by Crippen LogP contribution is -2.37. The lowest BCUT2D eigenvalue weighted by atomic mass is 9.88. The minimum atomic E-state index is -4.37. The number of nitriles is 1. The molecular weight excluding hydrogens is 293 g/mol. The van der Waals surface area contributed by atoms with Gasteiger partial charge in [0.25, 0.3) is 0 Å². The monoisotopic (exact) mass is 308 g/mol. The topological polar surface area (TPSA) is 52.9 Å². The Morgan fingerprint density at radius 2 is 1.86 bits per heavy atom. The van der Waals surface area contributed by atoms with Gasteiger partial charge in [-0.05, 0) is 37.6 Å². The maximum absolute atomic E-state index is 12.4. The third-order valence-electron chi connectivity index (χ3n) is 3.24. The Hall–Kier alpha value is -2.47. The van der Waals surface area contributed by atoms with E-state index in [-0.39, 0.29) is 6.54 Å². The highest BCUT2D eigenvalue weighted by Gasteiger charge is 2.31. The van der Waals surface area contributed by atoms with E-state index in [1.165, 1.54) is 19.1 Å². The fourth-order valence-corrected chi connectivity index (χ4v) is 1.50. The fraction of sp³-hybridized carbons (Fsp3) is 0.375. The Labute approximate surface area is 127 Å². The molecule has 0 aliphatic carbocycles. The second-order valence-corrected chi connectivity index (χ2v) is 4.86. The first-order valence-electron chi connectivity index (χ1n) is 6.58. The van der Waals surface area contributed by atoms with E-state index in [0.717, 1.165) is 12.1 Å². The van der Waals surface area contributed by atoms with Gasteiger partial charge in [-0.1, -0.05) is 18.8 Å². The second-order valence-electron chi connectivity index (χ2n) is 4.86. The van der Waals surface area contributed by atoms with Crippen LogP contribution in [0, 0.1) is 28.6 Å². The van der Waals surface area contributed by atoms with Crippen LogP contribution in [0.1, 0.15) is 31.4 Å². The van der Waals surface area contributed by atoms with E-state index in [0.29, 0.717) is 12.0 Å². The molecule has 0 heterocycles. The van der Waals surface area contributed by atoms with Crippen LogP contribution in [0.2, 0.25) is 0 Å². The van der Waals surface area contributed by atoms with Crippen LogP contribution in [0.15, 0.2) is 24.3 Å². The van der Waals surface area contributed by atoms with E-state index < -0.39 is 23.1 Å². The van der Waals surface area contributed by atoms with E-state index in [9.17, 15) is 18.0 Å². The van der Waals surface area contributed by atoms with E-state index >= 15 is 0 Å². The SMILES string of the molecule is CCC(C)(C#N)C(=O)NCC#Cc1ccc(C(F)(F)F)cc1. The standard InChI is InChI=1S/C16H15F3N2O/c1-3-15(2,11-20)14(22)21-10-4-5-12-6-8-13(9-7-12)16(17,18)19/h6-9H,3,10H2,1-2H3,(H,21,22). The first kappa shape index (κ1) is 17.6. The van der Waals surface area contributed by atoms with Gasteiger partial charge in [0.05, 0.1) is 18.2 Å². The Morgan fingerprint density at radius 1 is 1.27 bits per heavy atom. The average molecular weight is 308 g/mol. The molecule has 22 heavy (non-hydrogen) atoms. The van der Waals surface area contributed by atoms with Crippen molar-refractivity contribution in [1.29, 1.82) is 5.26 Å². The molecule has 0 aliphatic heterocycles. The van der Waals surface area contributed by atoms with Gasteiger partial charge in [-0.2, -0.15) is 18.4 Å². The summed E-state index contributed by atoms with van der Waals surface area (Å²) in [6, 6.07) is 6.38. The lowest BCUT2D eigenvalue weighted by molar-refractivity contribution is -0.137. The molecule has 1 atom stereocenters. The number of alkyl halides is 3. The summed E-state index contributed by atoms with van der Waals surface area (Å²) < 4.78 is 37.2. The first-order chi connectivity index (χ1) is 10.2. The van der Waals surface area contributed by atoms with Gasteiger partial charge >= 0.3 is 6.18 Å². The molecule has 1 rings (SSSR count). The van der Waals surface area contributed by atoms with Crippen molar-refractivity contribution < 1.29 is 18.0 Å². The second kappa shape index (κ2) is 7.00. The van der Waals surface area contributed by atoms with Crippen LogP contribution in [0.5, 0.6) is 0 Å². The number of halogens is 3. The molecule has 6 heteroatoms. The maximum atomic E-state index is 12.4. The zero-order valence-electron chi connectivity index (χ0n) is 12.2. The van der Waals surface area contributed by atoms with Gasteiger partial charge in [0.15, 0.2) is 0 Å². The molecule has 1 N–H and O–H groups in total. The number of benzene rings is 1. The number of nitrogens with one attached hydrogen (secondary N) is 1. The number of carbonyl (C=O) groups is 1. The molecule has 3 nitrogen and oxygen atoms in total. The summed E-state index contributed by atoms with van der Waals surface area (Å²) in [6.07, 6.45) is -4.00. The molecule has 1 aromatic rings. The Balaban J connectivity index is 2.63. The Morgan fingerprint density at radius 3 is 2.32 bits per heavy atom. The first-order valence-corrected chi connectivity index (χ1v) is 6.58. The Kier molecular flexibility index (Phi) is 5.59. The minimum Gasteiger partial charge on any atom is -0.344 e. The van der Waals surface area contributed by atoms with E-state index in [4.69, 9.17) is 5.26 Å². The zero-order chi connectivity index (χ0) is 16.8. The summed E-state index contributed by atoms with van der Waals surface area (Å²) in [5.41, 5.74) is -1.42. The van der Waals surface area contributed by atoms with Crippen LogP contribution in [-0.2, 0) is 11.0 Å². The number of carbonyl (C=O) groups excluding carboxylic acids is 1. The van der Waals surface area contributed by atoms with Crippen molar-refractivity contribution in [2.45, 2.75) is 26.4 Å². The van der Waals surface area contributed by atoms with Crippen molar-refractivity contribution in [1.82, 2.24) is 5.32 Å². The van der Waals surface area contributed by atoms with E-state index in [2.05, 4.69) is 17.2 Å². The molecule has 0 spiro atoms. The number of hydrogen-bond acceptors (Lipinski definition) is 2. The third-order valence-corrected chi connectivity index (χ3v) is 3.24. The van der Waals surface area contributed by atoms with Crippen LogP contribution in [0.4, 0.5) is 13.2 Å². The third kappa shape index (κ3) is 4.53. The van der Waals surface area contributed by atoms with Crippen molar-refractivity contribution in [2.24, 2.45) is 5.41 Å². The number of rotatable bonds is 3.